The molecule has 0 amide bonds. The fourth-order valence-electron chi connectivity index (χ4n) is 1.85. The molecule has 2 aromatic rings. The summed E-state index contributed by atoms with van der Waals surface area (Å²) in [4.78, 5) is 18.1. The lowest BCUT2D eigenvalue weighted by Crippen LogP contribution is -2.10. The van der Waals surface area contributed by atoms with Gasteiger partial charge in [-0.1, -0.05) is 6.07 Å². The van der Waals surface area contributed by atoms with Crippen molar-refractivity contribution in [1.29, 1.82) is 5.26 Å². The predicted molar refractivity (Wildman–Crippen MR) is 84.5 cm³/mol. The number of anilines is 1. The zero-order valence-corrected chi connectivity index (χ0v) is 13.2. The Morgan fingerprint density at radius 2 is 2.24 bits per heavy atom. The molecule has 25 heavy (non-hydrogen) atoms. The Hall–Kier alpha value is -3.32. The van der Waals surface area contributed by atoms with E-state index < -0.39 is 10.7 Å². The fraction of sp³-hybridized carbons (Fsp3) is 0.267. The van der Waals surface area contributed by atoms with Crippen LogP contribution in [-0.2, 0) is 11.3 Å². The Kier molecular flexibility index (Phi) is 6.14. The van der Waals surface area contributed by atoms with Gasteiger partial charge in [0.15, 0.2) is 0 Å². The van der Waals surface area contributed by atoms with Gasteiger partial charge >= 0.3 is 11.7 Å². The number of aromatic nitrogens is 2. The van der Waals surface area contributed by atoms with Crippen LogP contribution in [0.25, 0.3) is 0 Å². The van der Waals surface area contributed by atoms with Crippen molar-refractivity contribution in [3.8, 4) is 12.1 Å². The molecule has 0 unspecified atom stereocenters. The predicted octanol–water partition coefficient (Wildman–Crippen LogP) is 2.03. The zero-order valence-electron chi connectivity index (χ0n) is 13.2. The maximum atomic E-state index is 13.9. The first kappa shape index (κ1) is 18.0. The highest BCUT2D eigenvalue weighted by Gasteiger charge is 2.18. The Labute approximate surface area is 142 Å². The molecule has 1 aromatic carbocycles. The van der Waals surface area contributed by atoms with Crippen LogP contribution in [0.15, 0.2) is 24.4 Å². The van der Waals surface area contributed by atoms with E-state index in [0.717, 1.165) is 12.3 Å². The third-order valence-electron chi connectivity index (χ3n) is 3.09. The van der Waals surface area contributed by atoms with Gasteiger partial charge in [0.2, 0.25) is 5.82 Å². The van der Waals surface area contributed by atoms with Crippen molar-refractivity contribution >= 4 is 11.5 Å². The lowest BCUT2D eigenvalue weighted by Gasteiger charge is -2.09. The van der Waals surface area contributed by atoms with Crippen LogP contribution in [0.3, 0.4) is 0 Å². The van der Waals surface area contributed by atoms with Crippen LogP contribution >= 0.6 is 0 Å². The van der Waals surface area contributed by atoms with Crippen LogP contribution in [-0.4, -0.2) is 35.2 Å². The summed E-state index contributed by atoms with van der Waals surface area (Å²) in [6, 6.07) is 5.72. The van der Waals surface area contributed by atoms with Crippen molar-refractivity contribution in [3.05, 3.63) is 51.5 Å². The molecule has 0 radical (unpaired) electrons. The average Bonchev–Trinajstić information content (AvgIpc) is 2.60. The first-order valence-electron chi connectivity index (χ1n) is 7.10. The highest BCUT2D eigenvalue weighted by molar-refractivity contribution is 5.55. The summed E-state index contributed by atoms with van der Waals surface area (Å²) >= 11 is 0. The van der Waals surface area contributed by atoms with E-state index in [0.29, 0.717) is 6.61 Å². The highest BCUT2D eigenvalue weighted by Crippen LogP contribution is 2.24. The number of nitro groups is 1. The van der Waals surface area contributed by atoms with E-state index in [1.165, 1.54) is 19.2 Å². The van der Waals surface area contributed by atoms with Crippen molar-refractivity contribution in [2.75, 3.05) is 25.6 Å². The van der Waals surface area contributed by atoms with E-state index in [-0.39, 0.29) is 41.8 Å². The molecule has 0 fully saturated rings. The Morgan fingerprint density at radius 3 is 2.88 bits per heavy atom. The molecule has 0 aliphatic carbocycles. The van der Waals surface area contributed by atoms with Gasteiger partial charge in [-0.05, 0) is 12.1 Å². The van der Waals surface area contributed by atoms with Crippen molar-refractivity contribution in [2.45, 2.75) is 6.54 Å². The number of hydrogen-bond acceptors (Lipinski definition) is 8. The molecule has 0 saturated carbocycles. The maximum absolute atomic E-state index is 13.9. The minimum absolute atomic E-state index is 0.0626. The smallest absolute Gasteiger partial charge is 0.329 e. The van der Waals surface area contributed by atoms with Crippen molar-refractivity contribution in [2.24, 2.45) is 0 Å². The third kappa shape index (κ3) is 4.82. The number of nitrogens with zero attached hydrogens (tertiary/aromatic N) is 4. The highest BCUT2D eigenvalue weighted by atomic mass is 19.1. The zero-order chi connectivity index (χ0) is 18.2. The lowest BCUT2D eigenvalue weighted by molar-refractivity contribution is -0.384. The van der Waals surface area contributed by atoms with Gasteiger partial charge in [0.05, 0.1) is 23.2 Å². The van der Waals surface area contributed by atoms with Crippen molar-refractivity contribution in [1.82, 2.24) is 9.97 Å². The third-order valence-corrected chi connectivity index (χ3v) is 3.09. The summed E-state index contributed by atoms with van der Waals surface area (Å²) in [6.07, 6.45) is 1.01. The SMILES string of the molecule is COCCOc1ncc([N+](=O)[O-])c(NCc2ccc(C#N)cc2F)n1. The van der Waals surface area contributed by atoms with Crippen molar-refractivity contribution in [3.63, 3.8) is 0 Å². The minimum Gasteiger partial charge on any atom is -0.461 e. The van der Waals surface area contributed by atoms with Gasteiger partial charge in [0, 0.05) is 19.2 Å². The number of rotatable bonds is 8. The normalized spacial score (nSPS) is 10.1. The topological polar surface area (TPSA) is 123 Å². The molecule has 9 nitrogen and oxygen atoms in total. The van der Waals surface area contributed by atoms with E-state index in [1.54, 1.807) is 0 Å². The lowest BCUT2D eigenvalue weighted by atomic mass is 10.1. The second-order valence-electron chi connectivity index (χ2n) is 4.76. The van der Waals surface area contributed by atoms with Crippen LogP contribution in [0.4, 0.5) is 15.9 Å². The quantitative estimate of drug-likeness (QED) is 0.437. The summed E-state index contributed by atoms with van der Waals surface area (Å²) in [5.41, 5.74) is 0.0463. The van der Waals surface area contributed by atoms with E-state index in [1.807, 2.05) is 6.07 Å². The van der Waals surface area contributed by atoms with Gasteiger partial charge in [0.1, 0.15) is 18.6 Å². The van der Waals surface area contributed by atoms with E-state index in [4.69, 9.17) is 14.7 Å². The Bertz CT molecular complexity index is 809. The molecule has 10 heteroatoms. The fourth-order valence-corrected chi connectivity index (χ4v) is 1.85. The number of ether oxygens (including phenoxy) is 2. The van der Waals surface area contributed by atoms with Gasteiger partial charge in [0.25, 0.3) is 0 Å². The minimum atomic E-state index is -0.656. The number of nitrogens with one attached hydrogen (secondary N) is 1. The number of halogens is 1. The first-order chi connectivity index (χ1) is 12.0. The van der Waals surface area contributed by atoms with E-state index in [2.05, 4.69) is 15.3 Å². The first-order valence-corrected chi connectivity index (χ1v) is 7.10. The molecule has 0 aliphatic rings. The Morgan fingerprint density at radius 1 is 1.44 bits per heavy atom. The van der Waals surface area contributed by atoms with Gasteiger partial charge in [-0.2, -0.15) is 15.2 Å². The van der Waals surface area contributed by atoms with E-state index >= 15 is 0 Å². The molecule has 130 valence electrons. The van der Waals surface area contributed by atoms with E-state index in [9.17, 15) is 14.5 Å². The number of nitriles is 1. The summed E-state index contributed by atoms with van der Waals surface area (Å²) < 4.78 is 23.9. The van der Waals surface area contributed by atoms with Crippen LogP contribution in [0.5, 0.6) is 6.01 Å². The number of hydrogen-bond donors (Lipinski definition) is 1. The van der Waals surface area contributed by atoms with Crippen LogP contribution in [0.2, 0.25) is 0 Å². The maximum Gasteiger partial charge on any atom is 0.329 e. The molecule has 0 aliphatic heterocycles. The van der Waals surface area contributed by atoms with Crippen molar-refractivity contribution < 1.29 is 18.8 Å². The molecule has 1 aromatic heterocycles. The second kappa shape index (κ2) is 8.51. The van der Waals surface area contributed by atoms with Gasteiger partial charge in [-0.15, -0.1) is 0 Å². The van der Waals surface area contributed by atoms with Gasteiger partial charge < -0.3 is 14.8 Å². The van der Waals surface area contributed by atoms with Crippen LogP contribution in [0, 0.1) is 27.3 Å². The number of methoxy groups -OCH3 is 1. The molecule has 1 heterocycles. The standard InChI is InChI=1S/C15H14FN5O4/c1-24-4-5-25-15-19-9-13(21(22)23)14(20-15)18-8-11-3-2-10(7-17)6-12(11)16/h2-3,6,9H,4-5,8H2,1H3,(H,18,19,20). The monoisotopic (exact) mass is 347 g/mol. The second-order valence-corrected chi connectivity index (χ2v) is 4.76. The molecular weight excluding hydrogens is 333 g/mol. The van der Waals surface area contributed by atoms with Crippen LogP contribution in [0.1, 0.15) is 11.1 Å². The molecule has 2 rings (SSSR count). The van der Waals surface area contributed by atoms with Crippen LogP contribution < -0.4 is 10.1 Å². The summed E-state index contributed by atoms with van der Waals surface area (Å²) in [5, 5.41) is 22.5. The molecule has 0 spiro atoms. The Balaban J connectivity index is 2.17. The summed E-state index contributed by atoms with van der Waals surface area (Å²) in [5.74, 6) is -0.698. The van der Waals surface area contributed by atoms with Gasteiger partial charge in [-0.3, -0.25) is 10.1 Å². The molecule has 0 bridgehead atoms. The average molecular weight is 347 g/mol. The summed E-state index contributed by atoms with van der Waals surface area (Å²) in [6.45, 7) is 0.421. The van der Waals surface area contributed by atoms with Gasteiger partial charge in [-0.25, -0.2) is 4.39 Å². The largest absolute Gasteiger partial charge is 0.461 e. The molecule has 0 atom stereocenters. The summed E-state index contributed by atoms with van der Waals surface area (Å²) in [7, 11) is 1.50. The molecular formula is C15H14FN5O4. The molecule has 0 saturated heterocycles. The number of benzene rings is 1. The molecule has 1 N–H and O–H groups in total.